The maximum absolute atomic E-state index is 5.38. The van der Waals surface area contributed by atoms with E-state index in [1.807, 2.05) is 18.2 Å². The van der Waals surface area contributed by atoms with Crippen molar-refractivity contribution < 1.29 is 27.7 Å². The van der Waals surface area contributed by atoms with Crippen molar-refractivity contribution in [1.82, 2.24) is 0 Å². The van der Waals surface area contributed by atoms with E-state index in [1.54, 1.807) is 21.3 Å². The molecule has 4 heteroatoms. The summed E-state index contributed by atoms with van der Waals surface area (Å²) >= 11 is -2.98. The third-order valence-electron chi connectivity index (χ3n) is 2.20. The summed E-state index contributed by atoms with van der Waals surface area (Å²) < 4.78 is 16.9. The van der Waals surface area contributed by atoms with Crippen LogP contribution in [0.2, 0.25) is 0 Å². The van der Waals surface area contributed by atoms with Gasteiger partial charge in [-0.3, -0.25) is 0 Å². The molecule has 0 aliphatic carbocycles. The average Bonchev–Trinajstić information content (AvgIpc) is 2.28. The topological polar surface area (TPSA) is 27.7 Å². The zero-order valence-electron chi connectivity index (χ0n) is 8.82. The molecule has 0 bridgehead atoms. The summed E-state index contributed by atoms with van der Waals surface area (Å²) in [4.78, 5) is 0. The van der Waals surface area contributed by atoms with E-state index < -0.39 is 17.8 Å². The van der Waals surface area contributed by atoms with Crippen LogP contribution < -0.4 is 0 Å². The number of rotatable bonds is 5. The summed E-state index contributed by atoms with van der Waals surface area (Å²) in [6.07, 6.45) is 0. The quantitative estimate of drug-likeness (QED) is 0.727. The van der Waals surface area contributed by atoms with Gasteiger partial charge in [0.1, 0.15) is 0 Å². The summed E-state index contributed by atoms with van der Waals surface area (Å²) in [6.45, 7) is 0. The molecule has 0 atom stereocenters. The van der Waals surface area contributed by atoms with Gasteiger partial charge in [0.05, 0.1) is 0 Å². The Morgan fingerprint density at radius 3 is 1.86 bits per heavy atom. The van der Waals surface area contributed by atoms with Crippen LogP contribution in [0.3, 0.4) is 0 Å². The maximum atomic E-state index is 5.38. The first-order valence-electron chi connectivity index (χ1n) is 4.45. The van der Waals surface area contributed by atoms with Crippen LogP contribution in [0.4, 0.5) is 0 Å². The minimum absolute atomic E-state index is 0.754. The van der Waals surface area contributed by atoms with E-state index >= 15 is 0 Å². The second-order valence-electron chi connectivity index (χ2n) is 2.96. The van der Waals surface area contributed by atoms with Gasteiger partial charge in [-0.25, -0.2) is 0 Å². The van der Waals surface area contributed by atoms with E-state index in [4.69, 9.17) is 9.96 Å². The molecule has 0 fully saturated rings. The Morgan fingerprint density at radius 1 is 0.929 bits per heavy atom. The van der Waals surface area contributed by atoms with Crippen molar-refractivity contribution in [2.24, 2.45) is 0 Å². The monoisotopic (exact) mass is 232 g/mol. The third-order valence-corrected chi connectivity index (χ3v) is 6.42. The molecule has 3 nitrogen and oxygen atoms in total. The predicted octanol–water partition coefficient (Wildman–Crippen LogP) is 2.02. The van der Waals surface area contributed by atoms with Crippen molar-refractivity contribution in [1.29, 1.82) is 0 Å². The Morgan fingerprint density at radius 2 is 1.43 bits per heavy atom. The first-order chi connectivity index (χ1) is 6.76. The first kappa shape index (κ1) is 11.9. The van der Waals surface area contributed by atoms with Crippen LogP contribution in [-0.2, 0) is 32.4 Å². The van der Waals surface area contributed by atoms with Crippen LogP contribution >= 0.6 is 0 Å². The summed E-state index contributed by atoms with van der Waals surface area (Å²) in [6, 6.07) is 10.1. The van der Waals surface area contributed by atoms with Gasteiger partial charge in [-0.1, -0.05) is 0 Å². The van der Waals surface area contributed by atoms with Crippen LogP contribution in [-0.4, -0.2) is 21.3 Å². The number of benzene rings is 1. The normalized spacial score (nSPS) is 11.6. The molecule has 0 saturated carbocycles. The molecule has 1 rings (SSSR count). The molecule has 14 heavy (non-hydrogen) atoms. The van der Waals surface area contributed by atoms with E-state index in [0.717, 1.165) is 4.73 Å². The molecule has 0 spiro atoms. The van der Waals surface area contributed by atoms with Crippen molar-refractivity contribution >= 4 is 0 Å². The Labute approximate surface area is 89.8 Å². The predicted molar refractivity (Wildman–Crippen MR) is 51.2 cm³/mol. The zero-order chi connectivity index (χ0) is 10.4. The fourth-order valence-electron chi connectivity index (χ4n) is 1.31. The Bertz CT molecular complexity index is 251. The molecule has 78 valence electrons. The van der Waals surface area contributed by atoms with Gasteiger partial charge >= 0.3 is 89.7 Å². The van der Waals surface area contributed by atoms with Gasteiger partial charge in [-0.05, 0) is 0 Å². The summed E-state index contributed by atoms with van der Waals surface area (Å²) in [5.41, 5.74) is 1.19. The summed E-state index contributed by atoms with van der Waals surface area (Å²) in [5, 5.41) is 0. The Balaban J connectivity index is 2.74. The van der Waals surface area contributed by atoms with Crippen LogP contribution in [0.15, 0.2) is 30.3 Å². The van der Waals surface area contributed by atoms with Gasteiger partial charge in [0, 0.05) is 0 Å². The van der Waals surface area contributed by atoms with Crippen LogP contribution in [0.25, 0.3) is 0 Å². The molecule has 0 aromatic heterocycles. The van der Waals surface area contributed by atoms with E-state index in [1.165, 1.54) is 5.56 Å². The van der Waals surface area contributed by atoms with E-state index in [9.17, 15) is 0 Å². The van der Waals surface area contributed by atoms with Gasteiger partial charge in [-0.15, -0.1) is 0 Å². The molecular weight excluding hydrogens is 216 g/mol. The average molecular weight is 232 g/mol. The van der Waals surface area contributed by atoms with Gasteiger partial charge < -0.3 is 0 Å². The molecule has 0 amide bonds. The molecule has 1 aromatic carbocycles. The van der Waals surface area contributed by atoms with Gasteiger partial charge in [0.15, 0.2) is 0 Å². The molecule has 0 radical (unpaired) electrons. The van der Waals surface area contributed by atoms with Gasteiger partial charge in [-0.2, -0.15) is 0 Å². The van der Waals surface area contributed by atoms with E-state index in [0.29, 0.717) is 0 Å². The first-order valence-corrected chi connectivity index (χ1v) is 7.47. The second kappa shape index (κ2) is 5.64. The zero-order valence-corrected chi connectivity index (χ0v) is 10.4. The molecule has 0 heterocycles. The summed E-state index contributed by atoms with van der Waals surface area (Å²) in [5.74, 6) is 0. The minimum atomic E-state index is -2.98. The van der Waals surface area contributed by atoms with Crippen LogP contribution in [0.1, 0.15) is 5.56 Å². The van der Waals surface area contributed by atoms with Gasteiger partial charge in [0.25, 0.3) is 0 Å². The fraction of sp³-hybridized carbons (Fsp3) is 0.400. The standard InChI is InChI=1S/C7H7.3CH3O.Ti/c1-7-5-3-2-4-6-7;3*1-2;/h2-6H,1H2;3*1H3;/q;3*-1;+3. The van der Waals surface area contributed by atoms with Crippen molar-refractivity contribution in [3.05, 3.63) is 35.9 Å². The third kappa shape index (κ3) is 2.90. The molecule has 0 unspecified atom stereocenters. The van der Waals surface area contributed by atoms with Crippen molar-refractivity contribution in [3.8, 4) is 0 Å². The molecule has 1 aromatic rings. The second-order valence-corrected chi connectivity index (χ2v) is 7.56. The number of hydrogen-bond acceptors (Lipinski definition) is 3. The van der Waals surface area contributed by atoms with Gasteiger partial charge in [0.2, 0.25) is 0 Å². The van der Waals surface area contributed by atoms with Crippen LogP contribution in [0, 0.1) is 0 Å². The van der Waals surface area contributed by atoms with E-state index in [-0.39, 0.29) is 0 Å². The van der Waals surface area contributed by atoms with E-state index in [2.05, 4.69) is 12.1 Å². The van der Waals surface area contributed by atoms with Crippen molar-refractivity contribution in [2.45, 2.75) is 4.73 Å². The molecule has 0 saturated heterocycles. The Hall–Kier alpha value is -0.186. The molecule has 0 aliphatic rings. The summed E-state index contributed by atoms with van der Waals surface area (Å²) in [7, 11) is 4.95. The Kier molecular flexibility index (Phi) is 4.79. The molecule has 0 aliphatic heterocycles. The van der Waals surface area contributed by atoms with Crippen molar-refractivity contribution in [3.63, 3.8) is 0 Å². The number of hydrogen-bond donors (Lipinski definition) is 0. The van der Waals surface area contributed by atoms with Crippen LogP contribution in [0.5, 0.6) is 0 Å². The van der Waals surface area contributed by atoms with Crippen molar-refractivity contribution in [2.75, 3.05) is 21.3 Å². The molecule has 0 N–H and O–H groups in total. The SMILES string of the molecule is C[O][Ti]([CH2]c1ccccc1)([O]C)[O]C. The molecular formula is C10H16O3Ti. The fourth-order valence-corrected chi connectivity index (χ4v) is 3.92.